The monoisotopic (exact) mass is 219 g/mol. The fourth-order valence-electron chi connectivity index (χ4n) is 1.15. The third kappa shape index (κ3) is 3.88. The standard InChI is InChI=1S/C10H14NO2.K/c1-11-7-8-4-5-9(12-2)6-10(8)13-3;/h4-6H,7H2,1-3H3;/q-1;+1. The molecule has 0 atom stereocenters. The third-order valence-corrected chi connectivity index (χ3v) is 1.82. The van der Waals surface area contributed by atoms with Crippen LogP contribution in [0, 0.1) is 0 Å². The van der Waals surface area contributed by atoms with Crippen LogP contribution < -0.4 is 60.9 Å². The van der Waals surface area contributed by atoms with Crippen molar-refractivity contribution >= 4 is 0 Å². The maximum atomic E-state index is 5.20. The fraction of sp³-hybridized carbons (Fsp3) is 0.400. The summed E-state index contributed by atoms with van der Waals surface area (Å²) in [4.78, 5) is 0. The fourth-order valence-corrected chi connectivity index (χ4v) is 1.15. The maximum Gasteiger partial charge on any atom is 1.00 e. The van der Waals surface area contributed by atoms with Crippen molar-refractivity contribution in [1.82, 2.24) is 0 Å². The maximum absolute atomic E-state index is 5.20. The van der Waals surface area contributed by atoms with Crippen molar-refractivity contribution in [2.75, 3.05) is 21.3 Å². The Bertz CT molecular complexity index is 279. The van der Waals surface area contributed by atoms with E-state index in [1.165, 1.54) is 0 Å². The molecule has 0 radical (unpaired) electrons. The van der Waals surface area contributed by atoms with Gasteiger partial charge in [0.25, 0.3) is 0 Å². The van der Waals surface area contributed by atoms with Crippen LogP contribution in [0.3, 0.4) is 0 Å². The van der Waals surface area contributed by atoms with Crippen LogP contribution in [-0.4, -0.2) is 21.3 Å². The van der Waals surface area contributed by atoms with E-state index < -0.39 is 0 Å². The van der Waals surface area contributed by atoms with Crippen molar-refractivity contribution in [3.63, 3.8) is 0 Å². The number of rotatable bonds is 4. The van der Waals surface area contributed by atoms with E-state index in [0.717, 1.165) is 17.1 Å². The molecule has 0 spiro atoms. The Morgan fingerprint density at radius 2 is 1.93 bits per heavy atom. The van der Waals surface area contributed by atoms with Crippen molar-refractivity contribution in [2.24, 2.45) is 0 Å². The second kappa shape index (κ2) is 7.67. The van der Waals surface area contributed by atoms with Crippen LogP contribution in [0.25, 0.3) is 5.32 Å². The second-order valence-corrected chi connectivity index (χ2v) is 2.65. The number of ether oxygens (including phenoxy) is 2. The minimum absolute atomic E-state index is 0. The Morgan fingerprint density at radius 1 is 1.21 bits per heavy atom. The van der Waals surface area contributed by atoms with Crippen LogP contribution >= 0.6 is 0 Å². The first-order valence-corrected chi connectivity index (χ1v) is 4.08. The Hall–Kier alpha value is 0.416. The zero-order valence-electron chi connectivity index (χ0n) is 9.20. The molecule has 1 aromatic rings. The molecule has 1 rings (SSSR count). The molecule has 14 heavy (non-hydrogen) atoms. The largest absolute Gasteiger partial charge is 1.00 e. The normalized spacial score (nSPS) is 9.07. The van der Waals surface area contributed by atoms with Crippen LogP contribution in [-0.2, 0) is 6.54 Å². The van der Waals surface area contributed by atoms with Crippen molar-refractivity contribution < 1.29 is 60.9 Å². The van der Waals surface area contributed by atoms with E-state index in [4.69, 9.17) is 9.47 Å². The molecule has 3 nitrogen and oxygen atoms in total. The smallest absolute Gasteiger partial charge is 0.661 e. The van der Waals surface area contributed by atoms with Gasteiger partial charge in [0.15, 0.2) is 0 Å². The summed E-state index contributed by atoms with van der Waals surface area (Å²) in [6.45, 7) is 0.674. The molecule has 72 valence electrons. The minimum Gasteiger partial charge on any atom is -0.661 e. The summed E-state index contributed by atoms with van der Waals surface area (Å²) in [6, 6.07) is 5.73. The van der Waals surface area contributed by atoms with Gasteiger partial charge in [-0.15, -0.1) is 6.54 Å². The topological polar surface area (TPSA) is 32.6 Å². The minimum atomic E-state index is 0. The van der Waals surface area contributed by atoms with Gasteiger partial charge in [-0.2, -0.15) is 7.05 Å². The SMILES string of the molecule is C[N-]Cc1ccc(OC)cc1OC.[K+]. The number of hydrogen-bond donors (Lipinski definition) is 0. The number of benzene rings is 1. The Labute approximate surface area is 128 Å². The van der Waals surface area contributed by atoms with Crippen molar-refractivity contribution in [1.29, 1.82) is 0 Å². The summed E-state index contributed by atoms with van der Waals surface area (Å²) in [5.74, 6) is 1.63. The number of methoxy groups -OCH3 is 2. The molecule has 0 saturated heterocycles. The van der Waals surface area contributed by atoms with E-state index in [0.29, 0.717) is 6.54 Å². The molecule has 0 unspecified atom stereocenters. The first kappa shape index (κ1) is 14.4. The van der Waals surface area contributed by atoms with E-state index in [1.54, 1.807) is 21.3 Å². The molecular weight excluding hydrogens is 205 g/mol. The number of nitrogens with zero attached hydrogens (tertiary/aromatic N) is 1. The van der Waals surface area contributed by atoms with Gasteiger partial charge in [-0.1, -0.05) is 6.07 Å². The van der Waals surface area contributed by atoms with Gasteiger partial charge in [-0.3, -0.25) is 0 Å². The Morgan fingerprint density at radius 3 is 2.43 bits per heavy atom. The van der Waals surface area contributed by atoms with Crippen molar-refractivity contribution in [3.8, 4) is 11.5 Å². The molecule has 0 aliphatic heterocycles. The summed E-state index contributed by atoms with van der Waals surface area (Å²) < 4.78 is 10.3. The zero-order chi connectivity index (χ0) is 9.68. The second-order valence-electron chi connectivity index (χ2n) is 2.65. The molecule has 0 saturated carbocycles. The van der Waals surface area contributed by atoms with E-state index in [1.807, 2.05) is 18.2 Å². The first-order chi connectivity index (χ1) is 6.31. The van der Waals surface area contributed by atoms with Gasteiger partial charge in [-0.05, 0) is 11.6 Å². The summed E-state index contributed by atoms with van der Waals surface area (Å²) in [7, 11) is 5.07. The Balaban J connectivity index is 0.00000169. The average Bonchev–Trinajstić information content (AvgIpc) is 2.19. The van der Waals surface area contributed by atoms with Gasteiger partial charge in [0.2, 0.25) is 0 Å². The van der Waals surface area contributed by atoms with Gasteiger partial charge in [0, 0.05) is 6.07 Å². The predicted octanol–water partition coefficient (Wildman–Crippen LogP) is -0.789. The quantitative estimate of drug-likeness (QED) is 0.622. The van der Waals surface area contributed by atoms with Crippen LogP contribution in [0.2, 0.25) is 0 Å². The summed E-state index contributed by atoms with van der Waals surface area (Å²) in [5, 5.41) is 4.05. The Kier molecular flexibility index (Phi) is 7.90. The van der Waals surface area contributed by atoms with E-state index in [-0.39, 0.29) is 51.4 Å². The van der Waals surface area contributed by atoms with Crippen LogP contribution in [0.4, 0.5) is 0 Å². The molecule has 0 aliphatic carbocycles. The first-order valence-electron chi connectivity index (χ1n) is 4.08. The predicted molar refractivity (Wildman–Crippen MR) is 52.5 cm³/mol. The molecule has 0 bridgehead atoms. The molecule has 4 heteroatoms. The van der Waals surface area contributed by atoms with Crippen LogP contribution in [0.1, 0.15) is 5.56 Å². The van der Waals surface area contributed by atoms with Crippen LogP contribution in [0.15, 0.2) is 18.2 Å². The van der Waals surface area contributed by atoms with Crippen molar-refractivity contribution in [3.05, 3.63) is 29.1 Å². The molecule has 0 fully saturated rings. The van der Waals surface area contributed by atoms with Gasteiger partial charge in [0.05, 0.1) is 14.2 Å². The van der Waals surface area contributed by atoms with Gasteiger partial charge < -0.3 is 14.8 Å². The van der Waals surface area contributed by atoms with Gasteiger partial charge in [-0.25, -0.2) is 0 Å². The van der Waals surface area contributed by atoms with E-state index in [9.17, 15) is 0 Å². The van der Waals surface area contributed by atoms with Gasteiger partial charge >= 0.3 is 51.4 Å². The van der Waals surface area contributed by atoms with E-state index in [2.05, 4.69) is 5.32 Å². The van der Waals surface area contributed by atoms with Gasteiger partial charge in [0.1, 0.15) is 11.5 Å². The average molecular weight is 219 g/mol. The molecule has 0 aliphatic rings. The summed E-state index contributed by atoms with van der Waals surface area (Å²) >= 11 is 0. The molecular formula is C10H14KNO2. The molecule has 0 aromatic heterocycles. The van der Waals surface area contributed by atoms with Crippen molar-refractivity contribution in [2.45, 2.75) is 6.54 Å². The summed E-state index contributed by atoms with van der Waals surface area (Å²) in [6.07, 6.45) is 0. The molecule has 0 N–H and O–H groups in total. The third-order valence-electron chi connectivity index (χ3n) is 1.82. The van der Waals surface area contributed by atoms with Crippen LogP contribution in [0.5, 0.6) is 11.5 Å². The zero-order valence-corrected chi connectivity index (χ0v) is 12.3. The van der Waals surface area contributed by atoms with E-state index >= 15 is 0 Å². The molecule has 0 heterocycles. The molecule has 0 amide bonds. The molecule has 1 aromatic carbocycles. The summed E-state index contributed by atoms with van der Waals surface area (Å²) in [5.41, 5.74) is 1.07. The number of hydrogen-bond acceptors (Lipinski definition) is 2.